The van der Waals surface area contributed by atoms with Crippen LogP contribution in [-0.2, 0) is 19.6 Å². The summed E-state index contributed by atoms with van der Waals surface area (Å²) in [5, 5.41) is 9.43. The third-order valence-electron chi connectivity index (χ3n) is 7.76. The zero-order valence-electron chi connectivity index (χ0n) is 23.1. The molecule has 7 nitrogen and oxygen atoms in total. The van der Waals surface area contributed by atoms with Gasteiger partial charge in [-0.1, -0.05) is 24.3 Å². The number of alkyl halides is 1. The summed E-state index contributed by atoms with van der Waals surface area (Å²) in [7, 11) is 0. The molecule has 1 aliphatic carbocycles. The lowest BCUT2D eigenvalue weighted by molar-refractivity contribution is 0.0696. The third kappa shape index (κ3) is 5.79. The summed E-state index contributed by atoms with van der Waals surface area (Å²) in [6.45, 7) is 1.30. The number of hydrogen-bond donors (Lipinski definition) is 1. The van der Waals surface area contributed by atoms with Crippen LogP contribution in [0, 0.1) is 29.8 Å². The molecule has 220 valence electrons. The Morgan fingerprint density at radius 1 is 0.977 bits per heavy atom. The fourth-order valence-corrected chi connectivity index (χ4v) is 5.01. The van der Waals surface area contributed by atoms with Gasteiger partial charge in [-0.2, -0.15) is 4.98 Å². The highest BCUT2D eigenvalue weighted by atomic mass is 19.1. The molecular weight excluding hydrogens is 564 g/mol. The minimum absolute atomic E-state index is 0.000280. The number of aryl methyl sites for hydroxylation is 1. The second-order valence-electron chi connectivity index (χ2n) is 11.0. The molecule has 43 heavy (non-hydrogen) atoms. The monoisotopic (exact) mass is 590 g/mol. The number of carboxylic acids is 1. The van der Waals surface area contributed by atoms with E-state index in [1.807, 2.05) is 0 Å². The molecule has 2 aromatic heterocycles. The van der Waals surface area contributed by atoms with Crippen LogP contribution in [0.4, 0.5) is 17.6 Å². The van der Waals surface area contributed by atoms with Gasteiger partial charge in [-0.25, -0.2) is 27.9 Å². The highest BCUT2D eigenvalue weighted by molar-refractivity contribution is 5.92. The average Bonchev–Trinajstić information content (AvgIpc) is 3.68. The van der Waals surface area contributed by atoms with Gasteiger partial charge in [-0.15, -0.1) is 0 Å². The molecule has 0 saturated heterocycles. The number of aromatic carboxylic acids is 1. The van der Waals surface area contributed by atoms with E-state index in [1.165, 1.54) is 24.4 Å². The summed E-state index contributed by atoms with van der Waals surface area (Å²) in [5.74, 6) is -2.79. The normalized spacial score (nSPS) is 13.8. The summed E-state index contributed by atoms with van der Waals surface area (Å²) in [6, 6.07) is 13.1. The smallest absolute Gasteiger partial charge is 0.335 e. The van der Waals surface area contributed by atoms with Crippen molar-refractivity contribution < 1.29 is 32.2 Å². The fourth-order valence-electron chi connectivity index (χ4n) is 5.01. The lowest BCUT2D eigenvalue weighted by Crippen LogP contribution is -2.16. The predicted octanol–water partition coefficient (Wildman–Crippen LogP) is 6.84. The van der Waals surface area contributed by atoms with Gasteiger partial charge in [-0.3, -0.25) is 4.39 Å². The molecule has 0 bridgehead atoms. The van der Waals surface area contributed by atoms with E-state index in [9.17, 15) is 23.1 Å². The molecule has 1 saturated carbocycles. The molecule has 0 amide bonds. The highest BCUT2D eigenvalue weighted by Gasteiger charge is 2.44. The number of rotatable bonds is 10. The molecule has 0 atom stereocenters. The molecule has 1 N–H and O–H groups in total. The number of hydrogen-bond acceptors (Lipinski definition) is 5. The van der Waals surface area contributed by atoms with Crippen LogP contribution in [0.15, 0.2) is 60.8 Å². The quantitative estimate of drug-likeness (QED) is 0.179. The van der Waals surface area contributed by atoms with Crippen LogP contribution in [0.1, 0.15) is 45.7 Å². The molecule has 11 heteroatoms. The van der Waals surface area contributed by atoms with Gasteiger partial charge in [0, 0.05) is 35.7 Å². The molecule has 2 heterocycles. The topological polar surface area (TPSA) is 90.1 Å². The van der Waals surface area contributed by atoms with Crippen LogP contribution in [-0.4, -0.2) is 37.3 Å². The van der Waals surface area contributed by atoms with Crippen LogP contribution >= 0.6 is 0 Å². The number of halogens is 4. The maximum Gasteiger partial charge on any atom is 0.335 e. The van der Waals surface area contributed by atoms with Crippen LogP contribution < -0.4 is 4.74 Å². The number of carboxylic acid groups (broad SMARTS) is 1. The Balaban J connectivity index is 1.27. The number of ether oxygens (including phenoxy) is 1. The molecule has 6 rings (SSSR count). The Kier molecular flexibility index (Phi) is 7.33. The molecule has 5 aromatic rings. The van der Waals surface area contributed by atoms with Crippen molar-refractivity contribution in [3.8, 4) is 17.3 Å². The molecule has 0 radical (unpaired) electrons. The maximum absolute atomic E-state index is 15.5. The first-order valence-corrected chi connectivity index (χ1v) is 13.6. The summed E-state index contributed by atoms with van der Waals surface area (Å²) < 4.78 is 65.5. The van der Waals surface area contributed by atoms with Crippen LogP contribution in [0.2, 0.25) is 0 Å². The van der Waals surface area contributed by atoms with Gasteiger partial charge in [0.2, 0.25) is 0 Å². The van der Waals surface area contributed by atoms with Crippen molar-refractivity contribution in [3.05, 3.63) is 106 Å². The largest absolute Gasteiger partial charge is 0.478 e. The first-order chi connectivity index (χ1) is 20.6. The Morgan fingerprint density at radius 3 is 2.44 bits per heavy atom. The van der Waals surface area contributed by atoms with Crippen LogP contribution in [0.5, 0.6) is 6.01 Å². The molecule has 1 fully saturated rings. The van der Waals surface area contributed by atoms with E-state index in [-0.39, 0.29) is 47.7 Å². The second kappa shape index (κ2) is 11.1. The van der Waals surface area contributed by atoms with Gasteiger partial charge >= 0.3 is 12.0 Å². The van der Waals surface area contributed by atoms with Gasteiger partial charge in [0.1, 0.15) is 29.6 Å². The maximum atomic E-state index is 15.5. The fraction of sp³-hybridized carbons (Fsp3) is 0.250. The van der Waals surface area contributed by atoms with Crippen molar-refractivity contribution in [1.82, 2.24) is 19.5 Å². The third-order valence-corrected chi connectivity index (χ3v) is 7.76. The van der Waals surface area contributed by atoms with Gasteiger partial charge < -0.3 is 14.4 Å². The van der Waals surface area contributed by atoms with Crippen molar-refractivity contribution in [2.24, 2.45) is 5.41 Å². The standard InChI is InChI=1S/C32H26F4N4O3/c1-18-2-3-21(23(34)10-18)15-43-31-37-9-6-26(38-31)20-5-4-19(24(35)11-20)14-28-39-29-25(36)12-22(30(41)42)13-27(29)40(28)17-32(16-33)7-8-32/h2-6,9-13H,7-8,14-17H2,1H3,(H,41,42). The van der Waals surface area contributed by atoms with Gasteiger partial charge in [0.15, 0.2) is 5.82 Å². The van der Waals surface area contributed by atoms with Gasteiger partial charge in [-0.05, 0) is 61.2 Å². The van der Waals surface area contributed by atoms with Crippen molar-refractivity contribution in [2.45, 2.75) is 39.3 Å². The Labute approximate surface area is 243 Å². The Morgan fingerprint density at radius 2 is 1.74 bits per heavy atom. The molecule has 0 aliphatic heterocycles. The van der Waals surface area contributed by atoms with Crippen LogP contribution in [0.3, 0.4) is 0 Å². The van der Waals surface area contributed by atoms with E-state index in [1.54, 1.807) is 41.8 Å². The number of benzene rings is 3. The lowest BCUT2D eigenvalue weighted by atomic mass is 10.0. The number of aromatic nitrogens is 4. The van der Waals surface area contributed by atoms with E-state index in [0.717, 1.165) is 11.6 Å². The molecule has 0 unspecified atom stereocenters. The summed E-state index contributed by atoms with van der Waals surface area (Å²) in [5.41, 5.74) is 1.50. The molecule has 0 spiro atoms. The first-order valence-electron chi connectivity index (χ1n) is 13.6. The minimum Gasteiger partial charge on any atom is -0.478 e. The van der Waals surface area contributed by atoms with Gasteiger partial charge in [0.05, 0.1) is 23.4 Å². The number of carbonyl (C=O) groups is 1. The second-order valence-corrected chi connectivity index (χ2v) is 11.0. The van der Waals surface area contributed by atoms with E-state index >= 15 is 4.39 Å². The molecule has 3 aromatic carbocycles. The Hall–Kier alpha value is -4.80. The lowest BCUT2D eigenvalue weighted by Gasteiger charge is -2.16. The van der Waals surface area contributed by atoms with E-state index < -0.39 is 35.5 Å². The summed E-state index contributed by atoms with van der Waals surface area (Å²) in [4.78, 5) is 24.3. The van der Waals surface area contributed by atoms with Crippen molar-refractivity contribution in [3.63, 3.8) is 0 Å². The number of fused-ring (bicyclic) bond motifs is 1. The number of nitrogens with zero attached hydrogens (tertiary/aromatic N) is 4. The summed E-state index contributed by atoms with van der Waals surface area (Å²) >= 11 is 0. The van der Waals surface area contributed by atoms with Crippen molar-refractivity contribution >= 4 is 17.0 Å². The number of imidazole rings is 1. The minimum atomic E-state index is -1.30. The average molecular weight is 591 g/mol. The molecule has 1 aliphatic rings. The highest BCUT2D eigenvalue weighted by Crippen LogP contribution is 2.48. The van der Waals surface area contributed by atoms with E-state index in [4.69, 9.17) is 4.74 Å². The van der Waals surface area contributed by atoms with Gasteiger partial charge in [0.25, 0.3) is 0 Å². The van der Waals surface area contributed by atoms with Crippen molar-refractivity contribution in [1.29, 1.82) is 0 Å². The van der Waals surface area contributed by atoms with Crippen LogP contribution in [0.25, 0.3) is 22.3 Å². The first kappa shape index (κ1) is 28.3. The Bertz CT molecular complexity index is 1870. The van der Waals surface area contributed by atoms with E-state index in [0.29, 0.717) is 35.5 Å². The summed E-state index contributed by atoms with van der Waals surface area (Å²) in [6.07, 6.45) is 2.69. The zero-order chi connectivity index (χ0) is 30.3. The van der Waals surface area contributed by atoms with E-state index in [2.05, 4.69) is 15.0 Å². The SMILES string of the molecule is Cc1ccc(COc2nccc(-c3ccc(Cc4nc5c(F)cc(C(=O)O)cc5n4CC4(CF)CC4)c(F)c3)n2)c(F)c1. The zero-order valence-corrected chi connectivity index (χ0v) is 23.1. The van der Waals surface area contributed by atoms with Crippen molar-refractivity contribution in [2.75, 3.05) is 6.67 Å². The molecular formula is C32H26F4N4O3. The predicted molar refractivity (Wildman–Crippen MR) is 150 cm³/mol.